The first-order valence-corrected chi connectivity index (χ1v) is 8.97. The predicted molar refractivity (Wildman–Crippen MR) is 87.7 cm³/mol. The van der Waals surface area contributed by atoms with Gasteiger partial charge in [0.05, 0.1) is 28.0 Å². The SMILES string of the molecule is CCOC(=O)CC(=S)N=S(C)(=O)C(C)c1ccc(C)nc1. The number of hydrogen-bond acceptors (Lipinski definition) is 5. The van der Waals surface area contributed by atoms with E-state index in [0.717, 1.165) is 11.3 Å². The maximum Gasteiger partial charge on any atom is 0.312 e. The van der Waals surface area contributed by atoms with Gasteiger partial charge in [0.2, 0.25) is 0 Å². The first-order valence-electron chi connectivity index (χ1n) is 6.58. The van der Waals surface area contributed by atoms with Gasteiger partial charge in [0.25, 0.3) is 0 Å². The van der Waals surface area contributed by atoms with Crippen LogP contribution >= 0.6 is 12.2 Å². The quantitative estimate of drug-likeness (QED) is 0.614. The molecule has 116 valence electrons. The Bertz CT molecular complexity index is 632. The molecule has 0 aliphatic heterocycles. The minimum Gasteiger partial charge on any atom is -0.466 e. The molecule has 0 bridgehead atoms. The zero-order chi connectivity index (χ0) is 16.0. The molecule has 1 aromatic rings. The molecule has 0 saturated heterocycles. The van der Waals surface area contributed by atoms with Crippen molar-refractivity contribution in [1.29, 1.82) is 0 Å². The lowest BCUT2D eigenvalue weighted by Crippen LogP contribution is -2.13. The van der Waals surface area contributed by atoms with E-state index in [1.807, 2.05) is 26.0 Å². The standard InChI is InChI=1S/C14H20N2O3S2/c1-5-19-14(17)8-13(20)16-21(4,18)11(3)12-7-6-10(2)15-9-12/h6-7,9,11H,5,8H2,1-4H3. The summed E-state index contributed by atoms with van der Waals surface area (Å²) in [6, 6.07) is 3.73. The Balaban J connectivity index is 2.90. The van der Waals surface area contributed by atoms with Crippen molar-refractivity contribution < 1.29 is 13.7 Å². The number of ether oxygens (including phenoxy) is 1. The Morgan fingerprint density at radius 1 is 1.52 bits per heavy atom. The minimum atomic E-state index is -2.60. The molecule has 0 radical (unpaired) electrons. The highest BCUT2D eigenvalue weighted by molar-refractivity contribution is 7.94. The van der Waals surface area contributed by atoms with Gasteiger partial charge >= 0.3 is 5.97 Å². The van der Waals surface area contributed by atoms with Crippen molar-refractivity contribution in [1.82, 2.24) is 4.98 Å². The molecule has 1 rings (SSSR count). The van der Waals surface area contributed by atoms with Crippen LogP contribution in [0.3, 0.4) is 0 Å². The second-order valence-corrected chi connectivity index (χ2v) is 7.79. The highest BCUT2D eigenvalue weighted by Gasteiger charge is 2.18. The molecule has 0 N–H and O–H groups in total. The third-order valence-corrected chi connectivity index (χ3v) is 5.46. The van der Waals surface area contributed by atoms with Crippen molar-refractivity contribution in [3.8, 4) is 0 Å². The lowest BCUT2D eigenvalue weighted by Gasteiger charge is -2.14. The van der Waals surface area contributed by atoms with E-state index in [1.54, 1.807) is 13.1 Å². The molecule has 0 aliphatic carbocycles. The fourth-order valence-electron chi connectivity index (χ4n) is 1.62. The van der Waals surface area contributed by atoms with Gasteiger partial charge in [-0.05, 0) is 32.4 Å². The fourth-order valence-corrected chi connectivity index (χ4v) is 3.45. The average molecular weight is 328 g/mol. The van der Waals surface area contributed by atoms with Gasteiger partial charge in [0.1, 0.15) is 4.99 Å². The summed E-state index contributed by atoms with van der Waals surface area (Å²) in [5.41, 5.74) is 1.72. The monoisotopic (exact) mass is 328 g/mol. The summed E-state index contributed by atoms with van der Waals surface area (Å²) >= 11 is 5.02. The van der Waals surface area contributed by atoms with Crippen molar-refractivity contribution in [2.75, 3.05) is 12.9 Å². The second-order valence-electron chi connectivity index (χ2n) is 4.70. The average Bonchev–Trinajstić information content (AvgIpc) is 2.38. The molecule has 1 aromatic heterocycles. The summed E-state index contributed by atoms with van der Waals surface area (Å²) in [5.74, 6) is -0.453. The number of pyridine rings is 1. The van der Waals surface area contributed by atoms with Crippen LogP contribution in [0, 0.1) is 6.92 Å². The molecular formula is C14H20N2O3S2. The third kappa shape index (κ3) is 5.51. The topological polar surface area (TPSA) is 68.6 Å². The van der Waals surface area contributed by atoms with Gasteiger partial charge in [-0.3, -0.25) is 9.78 Å². The molecule has 0 amide bonds. The number of rotatable bonds is 5. The van der Waals surface area contributed by atoms with Crippen LogP contribution in [0.15, 0.2) is 22.7 Å². The minimum absolute atomic E-state index is 0.105. The van der Waals surface area contributed by atoms with E-state index in [-0.39, 0.29) is 23.3 Å². The first-order chi connectivity index (χ1) is 9.76. The van der Waals surface area contributed by atoms with Gasteiger partial charge in [-0.1, -0.05) is 18.3 Å². The molecule has 21 heavy (non-hydrogen) atoms. The largest absolute Gasteiger partial charge is 0.466 e. The van der Waals surface area contributed by atoms with Crippen LogP contribution in [0.2, 0.25) is 0 Å². The van der Waals surface area contributed by atoms with Crippen molar-refractivity contribution in [3.63, 3.8) is 0 Å². The summed E-state index contributed by atoms with van der Waals surface area (Å²) in [4.78, 5) is 15.6. The molecule has 0 spiro atoms. The van der Waals surface area contributed by atoms with Crippen LogP contribution in [0.5, 0.6) is 0 Å². The summed E-state index contributed by atoms with van der Waals surface area (Å²) in [7, 11) is -2.60. The number of aromatic nitrogens is 1. The van der Waals surface area contributed by atoms with Gasteiger partial charge in [-0.15, -0.1) is 0 Å². The van der Waals surface area contributed by atoms with Gasteiger partial charge in [-0.25, -0.2) is 4.21 Å². The molecule has 0 fully saturated rings. The summed E-state index contributed by atoms with van der Waals surface area (Å²) in [6.07, 6.45) is 3.11. The number of aryl methyl sites for hydroxylation is 1. The van der Waals surface area contributed by atoms with Crippen LogP contribution < -0.4 is 0 Å². The Hall–Kier alpha value is -1.34. The van der Waals surface area contributed by atoms with Crippen LogP contribution in [0.4, 0.5) is 0 Å². The molecule has 0 aliphatic rings. The van der Waals surface area contributed by atoms with E-state index in [9.17, 15) is 9.00 Å². The molecule has 2 atom stereocenters. The number of carbonyl (C=O) groups excluding carboxylic acids is 1. The van der Waals surface area contributed by atoms with Gasteiger partial charge < -0.3 is 4.74 Å². The van der Waals surface area contributed by atoms with E-state index >= 15 is 0 Å². The Labute approximate surface area is 131 Å². The summed E-state index contributed by atoms with van der Waals surface area (Å²) < 4.78 is 21.5. The maximum atomic E-state index is 12.7. The number of hydrogen-bond donors (Lipinski definition) is 0. The van der Waals surface area contributed by atoms with Crippen molar-refractivity contribution >= 4 is 32.9 Å². The first kappa shape index (κ1) is 17.7. The van der Waals surface area contributed by atoms with Crippen LogP contribution in [-0.4, -0.2) is 33.0 Å². The van der Waals surface area contributed by atoms with Crippen molar-refractivity contribution in [3.05, 3.63) is 29.6 Å². The van der Waals surface area contributed by atoms with E-state index in [2.05, 4.69) is 9.35 Å². The van der Waals surface area contributed by atoms with E-state index in [1.165, 1.54) is 6.26 Å². The number of nitrogens with zero attached hydrogens (tertiary/aromatic N) is 2. The molecule has 5 nitrogen and oxygen atoms in total. The van der Waals surface area contributed by atoms with Gasteiger partial charge in [0, 0.05) is 18.1 Å². The molecule has 0 aromatic carbocycles. The smallest absolute Gasteiger partial charge is 0.312 e. The Kier molecular flexibility index (Phi) is 6.42. The lowest BCUT2D eigenvalue weighted by atomic mass is 10.2. The predicted octanol–water partition coefficient (Wildman–Crippen LogP) is 2.83. The molecule has 0 saturated carbocycles. The Morgan fingerprint density at radius 2 is 2.19 bits per heavy atom. The second kappa shape index (κ2) is 7.61. The van der Waals surface area contributed by atoms with Crippen LogP contribution in [-0.2, 0) is 19.3 Å². The molecule has 1 heterocycles. The van der Waals surface area contributed by atoms with Gasteiger partial charge in [0.15, 0.2) is 0 Å². The lowest BCUT2D eigenvalue weighted by molar-refractivity contribution is -0.141. The van der Waals surface area contributed by atoms with Crippen molar-refractivity contribution in [2.45, 2.75) is 32.4 Å². The van der Waals surface area contributed by atoms with E-state index in [4.69, 9.17) is 17.0 Å². The number of carbonyl (C=O) groups is 1. The number of esters is 1. The summed E-state index contributed by atoms with van der Waals surface area (Å²) in [5, 5.41) is -0.328. The van der Waals surface area contributed by atoms with Crippen molar-refractivity contribution in [2.24, 2.45) is 4.36 Å². The molecule has 7 heteroatoms. The van der Waals surface area contributed by atoms with E-state index < -0.39 is 15.7 Å². The number of thiocarbonyl (C=S) groups is 1. The summed E-state index contributed by atoms with van der Waals surface area (Å²) in [6.45, 7) is 5.70. The molecular weight excluding hydrogens is 308 g/mol. The van der Waals surface area contributed by atoms with E-state index in [0.29, 0.717) is 0 Å². The normalized spacial score (nSPS) is 14.9. The third-order valence-electron chi connectivity index (χ3n) is 2.94. The maximum absolute atomic E-state index is 12.7. The highest BCUT2D eigenvalue weighted by Crippen LogP contribution is 2.22. The zero-order valence-corrected chi connectivity index (χ0v) is 14.3. The van der Waals surface area contributed by atoms with Gasteiger partial charge in [-0.2, -0.15) is 4.36 Å². The Morgan fingerprint density at radius 3 is 2.71 bits per heavy atom. The van der Waals surface area contributed by atoms with Crippen LogP contribution in [0.1, 0.15) is 36.8 Å². The molecule has 2 unspecified atom stereocenters. The fraction of sp³-hybridized carbons (Fsp3) is 0.500. The highest BCUT2D eigenvalue weighted by atomic mass is 32.2. The van der Waals surface area contributed by atoms with Crippen LogP contribution in [0.25, 0.3) is 0 Å². The zero-order valence-electron chi connectivity index (χ0n) is 12.7.